The predicted molar refractivity (Wildman–Crippen MR) is 70.2 cm³/mol. The first kappa shape index (κ1) is 13.1. The van der Waals surface area contributed by atoms with Crippen LogP contribution >= 0.6 is 0 Å². The number of hydrogen-bond donors (Lipinski definition) is 2. The largest absolute Gasteiger partial charge is 0.368 e. The fourth-order valence-corrected chi connectivity index (χ4v) is 3.05. The Hall–Kier alpha value is -1.36. The molecule has 5 heteroatoms. The Morgan fingerprint density at radius 1 is 1.67 bits per heavy atom. The minimum absolute atomic E-state index is 0.242. The molecular weight excluding hydrogens is 228 g/mol. The second kappa shape index (κ2) is 4.72. The van der Waals surface area contributed by atoms with E-state index in [2.05, 4.69) is 23.4 Å². The average Bonchev–Trinajstić information content (AvgIpc) is 2.84. The first-order chi connectivity index (χ1) is 8.48. The van der Waals surface area contributed by atoms with Crippen LogP contribution in [0, 0.1) is 13.8 Å². The van der Waals surface area contributed by atoms with Crippen molar-refractivity contribution < 1.29 is 4.79 Å². The third kappa shape index (κ3) is 2.14. The first-order valence-electron chi connectivity index (χ1n) is 6.56. The highest BCUT2D eigenvalue weighted by Crippen LogP contribution is 2.38. The number of amides is 1. The Kier molecular flexibility index (Phi) is 3.43. The van der Waals surface area contributed by atoms with Gasteiger partial charge in [0.05, 0.1) is 17.3 Å². The molecule has 100 valence electrons. The summed E-state index contributed by atoms with van der Waals surface area (Å²) in [4.78, 5) is 11.7. The van der Waals surface area contributed by atoms with Gasteiger partial charge in [0.25, 0.3) is 0 Å². The van der Waals surface area contributed by atoms with E-state index in [1.165, 1.54) is 0 Å². The first-order valence-corrected chi connectivity index (χ1v) is 6.56. The number of carbonyl (C=O) groups excluding carboxylic acids is 1. The van der Waals surface area contributed by atoms with E-state index in [1.807, 2.05) is 18.5 Å². The highest BCUT2D eigenvalue weighted by atomic mass is 16.1. The van der Waals surface area contributed by atoms with Crippen LogP contribution in [0.2, 0.25) is 0 Å². The fraction of sp³-hybridized carbons (Fsp3) is 0.692. The zero-order valence-corrected chi connectivity index (χ0v) is 11.4. The fourth-order valence-electron chi connectivity index (χ4n) is 3.05. The van der Waals surface area contributed by atoms with Crippen molar-refractivity contribution in [2.24, 2.45) is 5.73 Å². The summed E-state index contributed by atoms with van der Waals surface area (Å²) in [6.07, 6.45) is 2.47. The van der Waals surface area contributed by atoms with Crippen molar-refractivity contribution in [2.75, 3.05) is 6.54 Å². The van der Waals surface area contributed by atoms with Crippen molar-refractivity contribution in [3.63, 3.8) is 0 Å². The van der Waals surface area contributed by atoms with Gasteiger partial charge < -0.3 is 11.1 Å². The van der Waals surface area contributed by atoms with Crippen molar-refractivity contribution in [2.45, 2.75) is 51.6 Å². The van der Waals surface area contributed by atoms with Gasteiger partial charge in [-0.2, -0.15) is 5.10 Å². The summed E-state index contributed by atoms with van der Waals surface area (Å²) in [6, 6.07) is 2.34. The number of aromatic nitrogens is 2. The van der Waals surface area contributed by atoms with Crippen LogP contribution in [0.1, 0.15) is 43.6 Å². The van der Waals surface area contributed by atoms with Crippen LogP contribution in [0.4, 0.5) is 0 Å². The van der Waals surface area contributed by atoms with Crippen molar-refractivity contribution in [1.82, 2.24) is 15.1 Å². The van der Waals surface area contributed by atoms with E-state index in [-0.39, 0.29) is 11.9 Å². The second-order valence-electron chi connectivity index (χ2n) is 5.24. The van der Waals surface area contributed by atoms with E-state index in [0.717, 1.165) is 37.2 Å². The van der Waals surface area contributed by atoms with Crippen LogP contribution < -0.4 is 11.1 Å². The highest BCUT2D eigenvalue weighted by Gasteiger charge is 2.44. The number of carbonyl (C=O) groups is 1. The lowest BCUT2D eigenvalue weighted by Gasteiger charge is -2.26. The lowest BCUT2D eigenvalue weighted by atomic mass is 9.96. The van der Waals surface area contributed by atoms with Crippen molar-refractivity contribution in [3.05, 3.63) is 17.5 Å². The molecule has 0 aromatic carbocycles. The molecular formula is C13H22N4O. The van der Waals surface area contributed by atoms with Crippen molar-refractivity contribution in [3.8, 4) is 0 Å². The summed E-state index contributed by atoms with van der Waals surface area (Å²) in [7, 11) is 0. The van der Waals surface area contributed by atoms with Gasteiger partial charge in [-0.15, -0.1) is 0 Å². The number of likely N-dealkylation sites (N-methyl/N-ethyl adjacent to an activating group) is 1. The van der Waals surface area contributed by atoms with Gasteiger partial charge in [-0.25, -0.2) is 0 Å². The molecule has 2 unspecified atom stereocenters. The quantitative estimate of drug-likeness (QED) is 0.839. The molecule has 1 heterocycles. The number of primary amides is 1. The molecule has 18 heavy (non-hydrogen) atoms. The van der Waals surface area contributed by atoms with Gasteiger partial charge in [0.1, 0.15) is 0 Å². The summed E-state index contributed by atoms with van der Waals surface area (Å²) >= 11 is 0. The maximum Gasteiger partial charge on any atom is 0.237 e. The topological polar surface area (TPSA) is 72.9 Å². The molecule has 1 aromatic rings. The minimum atomic E-state index is -0.550. The monoisotopic (exact) mass is 250 g/mol. The van der Waals surface area contributed by atoms with Crippen LogP contribution in [0.5, 0.6) is 0 Å². The number of aryl methyl sites for hydroxylation is 2. The molecule has 0 saturated heterocycles. The maximum absolute atomic E-state index is 11.7. The molecule has 2 atom stereocenters. The second-order valence-corrected chi connectivity index (χ2v) is 5.24. The predicted octanol–water partition coefficient (Wildman–Crippen LogP) is 1.06. The zero-order valence-electron chi connectivity index (χ0n) is 11.4. The van der Waals surface area contributed by atoms with E-state index in [9.17, 15) is 4.79 Å². The molecule has 1 aromatic heterocycles. The standard InChI is InChI=1S/C13H22N4O/c1-4-15-13(12(14)18)6-5-11(8-13)17-10(3)7-9(2)16-17/h7,11,15H,4-6,8H2,1-3H3,(H2,14,18). The number of rotatable bonds is 4. The van der Waals surface area contributed by atoms with Crippen molar-refractivity contribution >= 4 is 5.91 Å². The van der Waals surface area contributed by atoms with Crippen LogP contribution in [-0.2, 0) is 4.79 Å². The molecule has 3 N–H and O–H groups in total. The molecule has 0 bridgehead atoms. The Morgan fingerprint density at radius 3 is 2.89 bits per heavy atom. The molecule has 0 aliphatic heterocycles. The normalized spacial score (nSPS) is 27.6. The lowest BCUT2D eigenvalue weighted by molar-refractivity contribution is -0.124. The van der Waals surface area contributed by atoms with Gasteiger partial charge >= 0.3 is 0 Å². The summed E-state index contributed by atoms with van der Waals surface area (Å²) in [6.45, 7) is 6.80. The van der Waals surface area contributed by atoms with Gasteiger partial charge in [-0.1, -0.05) is 6.92 Å². The van der Waals surface area contributed by atoms with Gasteiger partial charge in [0.15, 0.2) is 0 Å². The molecule has 0 radical (unpaired) electrons. The Balaban J connectivity index is 2.21. The van der Waals surface area contributed by atoms with E-state index in [0.29, 0.717) is 0 Å². The van der Waals surface area contributed by atoms with E-state index < -0.39 is 5.54 Å². The maximum atomic E-state index is 11.7. The molecule has 0 spiro atoms. The number of nitrogens with two attached hydrogens (primary N) is 1. The van der Waals surface area contributed by atoms with Crippen molar-refractivity contribution in [1.29, 1.82) is 0 Å². The zero-order chi connectivity index (χ0) is 13.3. The van der Waals surface area contributed by atoms with Crippen LogP contribution in [0.15, 0.2) is 6.07 Å². The van der Waals surface area contributed by atoms with Gasteiger partial charge in [-0.3, -0.25) is 9.48 Å². The molecule has 1 aliphatic rings. The molecule has 1 saturated carbocycles. The van der Waals surface area contributed by atoms with E-state index in [4.69, 9.17) is 5.73 Å². The minimum Gasteiger partial charge on any atom is -0.368 e. The number of hydrogen-bond acceptors (Lipinski definition) is 3. The molecule has 1 aliphatic carbocycles. The Labute approximate surface area is 108 Å². The third-order valence-electron chi connectivity index (χ3n) is 3.87. The Bertz CT molecular complexity index is 454. The van der Waals surface area contributed by atoms with Crippen LogP contribution in [-0.4, -0.2) is 27.8 Å². The third-order valence-corrected chi connectivity index (χ3v) is 3.87. The smallest absolute Gasteiger partial charge is 0.237 e. The average molecular weight is 250 g/mol. The highest BCUT2D eigenvalue weighted by molar-refractivity contribution is 5.85. The van der Waals surface area contributed by atoms with E-state index in [1.54, 1.807) is 0 Å². The van der Waals surface area contributed by atoms with Gasteiger partial charge in [-0.05, 0) is 45.7 Å². The molecule has 1 amide bonds. The molecule has 5 nitrogen and oxygen atoms in total. The van der Waals surface area contributed by atoms with Gasteiger partial charge in [0.2, 0.25) is 5.91 Å². The Morgan fingerprint density at radius 2 is 2.39 bits per heavy atom. The number of nitrogens with zero attached hydrogens (tertiary/aromatic N) is 2. The van der Waals surface area contributed by atoms with Gasteiger partial charge in [0, 0.05) is 5.69 Å². The van der Waals surface area contributed by atoms with Crippen LogP contribution in [0.3, 0.4) is 0 Å². The summed E-state index contributed by atoms with van der Waals surface area (Å²) < 4.78 is 2.04. The summed E-state index contributed by atoms with van der Waals surface area (Å²) in [5, 5.41) is 7.78. The molecule has 2 rings (SSSR count). The van der Waals surface area contributed by atoms with E-state index >= 15 is 0 Å². The number of nitrogens with one attached hydrogen (secondary N) is 1. The lowest BCUT2D eigenvalue weighted by Crippen LogP contribution is -2.53. The van der Waals surface area contributed by atoms with Crippen LogP contribution in [0.25, 0.3) is 0 Å². The SMILES string of the molecule is CCNC1(C(N)=O)CCC(n2nc(C)cc2C)C1. The molecule has 1 fully saturated rings. The summed E-state index contributed by atoms with van der Waals surface area (Å²) in [5.41, 5.74) is 7.19. The summed E-state index contributed by atoms with van der Waals surface area (Å²) in [5.74, 6) is -0.242.